The van der Waals surface area contributed by atoms with Crippen molar-refractivity contribution in [2.24, 2.45) is 5.92 Å². The van der Waals surface area contributed by atoms with E-state index in [0.29, 0.717) is 18.4 Å². The molecule has 0 amide bonds. The maximum Gasteiger partial charge on any atom is 0.138 e. The lowest BCUT2D eigenvalue weighted by molar-refractivity contribution is 0.175. The number of hydrogen-bond acceptors (Lipinski definition) is 6. The molecule has 1 aliphatic carbocycles. The van der Waals surface area contributed by atoms with Crippen molar-refractivity contribution < 1.29 is 9.84 Å². The maximum absolute atomic E-state index is 10.3. The van der Waals surface area contributed by atoms with Gasteiger partial charge in [0.05, 0.1) is 28.0 Å². The molecule has 1 aliphatic heterocycles. The number of thiophene rings is 1. The van der Waals surface area contributed by atoms with Crippen molar-refractivity contribution in [2.45, 2.75) is 64.0 Å². The van der Waals surface area contributed by atoms with E-state index in [2.05, 4.69) is 26.0 Å². The van der Waals surface area contributed by atoms with Crippen LogP contribution in [0.2, 0.25) is 0 Å². The van der Waals surface area contributed by atoms with Crippen LogP contribution in [0.15, 0.2) is 17.6 Å². The number of rotatable bonds is 3. The van der Waals surface area contributed by atoms with E-state index in [1.54, 1.807) is 18.3 Å². The van der Waals surface area contributed by atoms with Crippen molar-refractivity contribution in [3.05, 3.63) is 23.5 Å². The number of aliphatic hydroxyl groups excluding tert-OH is 1. The molecule has 154 valence electrons. The average molecular weight is 413 g/mol. The Hall–Kier alpha value is -2.01. The predicted molar refractivity (Wildman–Crippen MR) is 115 cm³/mol. The molecule has 1 saturated heterocycles. The van der Waals surface area contributed by atoms with Crippen LogP contribution in [-0.2, 0) is 4.74 Å². The van der Waals surface area contributed by atoms with Crippen LogP contribution in [0.5, 0.6) is 0 Å². The van der Waals surface area contributed by atoms with Crippen LogP contribution in [0.25, 0.3) is 21.3 Å². The predicted octanol–water partition coefficient (Wildman–Crippen LogP) is 5.14. The van der Waals surface area contributed by atoms with E-state index in [4.69, 9.17) is 10.00 Å². The second kappa shape index (κ2) is 9.21. The van der Waals surface area contributed by atoms with Gasteiger partial charge in [-0.2, -0.15) is 5.26 Å². The third-order valence-electron chi connectivity index (χ3n) is 5.91. The van der Waals surface area contributed by atoms with E-state index in [0.717, 1.165) is 66.0 Å². The minimum absolute atomic E-state index is 0.335. The molecule has 4 heterocycles. The first-order valence-electron chi connectivity index (χ1n) is 10.6. The van der Waals surface area contributed by atoms with Crippen molar-refractivity contribution >= 4 is 32.6 Å². The molecule has 1 saturated carbocycles. The minimum Gasteiger partial charge on any atom is -0.385 e. The summed E-state index contributed by atoms with van der Waals surface area (Å²) in [5.74, 6) is 1.25. The number of aliphatic hydroxyl groups is 1. The van der Waals surface area contributed by atoms with E-state index in [9.17, 15) is 5.11 Å². The van der Waals surface area contributed by atoms with Crippen molar-refractivity contribution in [3.63, 3.8) is 0 Å². The topological polar surface area (TPSA) is 84.0 Å². The summed E-state index contributed by atoms with van der Waals surface area (Å²) in [6.45, 7) is 3.78. The lowest BCUT2D eigenvalue weighted by Gasteiger charge is -2.30. The van der Waals surface area contributed by atoms with Gasteiger partial charge in [-0.3, -0.25) is 4.98 Å². The van der Waals surface area contributed by atoms with Gasteiger partial charge in [-0.25, -0.2) is 4.98 Å². The first kappa shape index (κ1) is 20.3. The lowest BCUT2D eigenvalue weighted by Crippen LogP contribution is -2.20. The third kappa shape index (κ3) is 4.30. The van der Waals surface area contributed by atoms with Crippen LogP contribution in [0.1, 0.15) is 69.8 Å². The van der Waals surface area contributed by atoms with Gasteiger partial charge in [0.1, 0.15) is 17.4 Å². The summed E-state index contributed by atoms with van der Waals surface area (Å²) in [5, 5.41) is 21.2. The zero-order valence-corrected chi connectivity index (χ0v) is 17.7. The summed E-state index contributed by atoms with van der Waals surface area (Å²) in [6, 6.07) is 4.67. The van der Waals surface area contributed by atoms with Crippen LogP contribution in [0.3, 0.4) is 0 Å². The molecule has 2 aliphatic rings. The first-order chi connectivity index (χ1) is 14.2. The fourth-order valence-corrected chi connectivity index (χ4v) is 5.30. The Bertz CT molecular complexity index is 984. The molecule has 3 aromatic heterocycles. The molecule has 1 atom stereocenters. The van der Waals surface area contributed by atoms with Crippen LogP contribution >= 0.6 is 11.3 Å². The van der Waals surface area contributed by atoms with Gasteiger partial charge in [0.15, 0.2) is 0 Å². The molecule has 5 rings (SSSR count). The molecule has 3 aromatic rings. The van der Waals surface area contributed by atoms with Crippen LogP contribution in [0.4, 0.5) is 0 Å². The Morgan fingerprint density at radius 2 is 2.03 bits per heavy atom. The molecule has 7 heteroatoms. The Balaban J connectivity index is 0.000000359. The Kier molecular flexibility index (Phi) is 6.43. The monoisotopic (exact) mass is 412 g/mol. The van der Waals surface area contributed by atoms with Gasteiger partial charge in [0.2, 0.25) is 0 Å². The molecule has 0 aromatic carbocycles. The fourth-order valence-electron chi connectivity index (χ4n) is 4.41. The summed E-state index contributed by atoms with van der Waals surface area (Å²) in [7, 11) is 0. The third-order valence-corrected chi connectivity index (χ3v) is 6.82. The second-order valence-electron chi connectivity index (χ2n) is 8.00. The molecular weight excluding hydrogens is 384 g/mol. The molecule has 0 unspecified atom stereocenters. The van der Waals surface area contributed by atoms with Crippen LogP contribution in [0, 0.1) is 17.2 Å². The van der Waals surface area contributed by atoms with Gasteiger partial charge in [-0.15, -0.1) is 11.3 Å². The molecule has 0 radical (unpaired) electrons. The average Bonchev–Trinajstić information content (AvgIpc) is 3.48. The Morgan fingerprint density at radius 3 is 2.66 bits per heavy atom. The highest BCUT2D eigenvalue weighted by Gasteiger charge is 2.28. The Morgan fingerprint density at radius 1 is 1.28 bits per heavy atom. The lowest BCUT2D eigenvalue weighted by atomic mass is 9.84. The number of imidazole rings is 1. The Labute approximate surface area is 175 Å². The number of pyridine rings is 1. The number of nitriles is 1. The number of hydrogen-bond donors (Lipinski definition) is 1. The summed E-state index contributed by atoms with van der Waals surface area (Å²) in [5.41, 5.74) is 2.96. The van der Waals surface area contributed by atoms with Crippen LogP contribution < -0.4 is 0 Å². The fraction of sp³-hybridized carbons (Fsp3) is 0.591. The van der Waals surface area contributed by atoms with E-state index in [1.165, 1.54) is 12.8 Å². The summed E-state index contributed by atoms with van der Waals surface area (Å²) >= 11 is 1.68. The van der Waals surface area contributed by atoms with Gasteiger partial charge < -0.3 is 14.4 Å². The number of nitrogens with zero attached hydrogens (tertiary/aromatic N) is 4. The largest absolute Gasteiger partial charge is 0.385 e. The summed E-state index contributed by atoms with van der Waals surface area (Å²) in [4.78, 5) is 9.16. The molecule has 1 N–H and O–H groups in total. The summed E-state index contributed by atoms with van der Waals surface area (Å²) < 4.78 is 8.34. The normalized spacial score (nSPS) is 22.9. The van der Waals surface area contributed by atoms with Crippen molar-refractivity contribution in [2.75, 3.05) is 13.2 Å². The van der Waals surface area contributed by atoms with Gasteiger partial charge in [0.25, 0.3) is 0 Å². The van der Waals surface area contributed by atoms with Gasteiger partial charge >= 0.3 is 0 Å². The highest BCUT2D eigenvalue weighted by molar-refractivity contribution is 7.18. The molecule has 0 bridgehead atoms. The smallest absolute Gasteiger partial charge is 0.138 e. The maximum atomic E-state index is 10.3. The van der Waals surface area contributed by atoms with Gasteiger partial charge in [0, 0.05) is 25.7 Å². The zero-order chi connectivity index (χ0) is 20.2. The molecule has 29 heavy (non-hydrogen) atoms. The molecule has 2 fully saturated rings. The quantitative estimate of drug-likeness (QED) is 0.644. The van der Waals surface area contributed by atoms with E-state index in [1.807, 2.05) is 12.3 Å². The number of ether oxygens (including phenoxy) is 1. The highest BCUT2D eigenvalue weighted by Crippen LogP contribution is 2.39. The minimum atomic E-state index is -0.607. The number of fused-ring (bicyclic) bond motifs is 3. The van der Waals surface area contributed by atoms with E-state index in [-0.39, 0.29) is 0 Å². The number of aromatic nitrogens is 3. The van der Waals surface area contributed by atoms with E-state index >= 15 is 0 Å². The molecule has 6 nitrogen and oxygen atoms in total. The van der Waals surface area contributed by atoms with Crippen molar-refractivity contribution in [1.29, 1.82) is 5.26 Å². The SMILES string of the molecule is C1CCOC1.C[C@@H](O)c1nc2cnc3ccsc3c2n1C1CCC(CC#N)CC1. The second-order valence-corrected chi connectivity index (χ2v) is 8.92. The highest BCUT2D eigenvalue weighted by atomic mass is 32.1. The zero-order valence-electron chi connectivity index (χ0n) is 16.9. The molecular formula is C22H28N4O2S. The summed E-state index contributed by atoms with van der Waals surface area (Å²) in [6.07, 6.45) is 8.61. The van der Waals surface area contributed by atoms with Gasteiger partial charge in [-0.1, -0.05) is 0 Å². The standard InChI is InChI=1S/C18H20N4OS.C4H8O/c1-11(23)18-21-15-10-20-14-7-9-24-17(14)16(15)22(18)13-4-2-12(3-5-13)6-8-19;1-2-4-5-3-1/h7,9-13,23H,2-6H2,1H3;1-4H2/t11-,12?,13?;/m1./s1. The van der Waals surface area contributed by atoms with Crippen LogP contribution in [-0.4, -0.2) is 32.9 Å². The van der Waals surface area contributed by atoms with Crippen molar-refractivity contribution in [3.8, 4) is 6.07 Å². The van der Waals surface area contributed by atoms with Crippen molar-refractivity contribution in [1.82, 2.24) is 14.5 Å². The molecule has 0 spiro atoms. The van der Waals surface area contributed by atoms with Gasteiger partial charge in [-0.05, 0) is 62.8 Å². The van der Waals surface area contributed by atoms with E-state index < -0.39 is 6.10 Å². The first-order valence-corrected chi connectivity index (χ1v) is 11.4.